The van der Waals surface area contributed by atoms with Crippen LogP contribution in [0.5, 0.6) is 0 Å². The van der Waals surface area contributed by atoms with Crippen LogP contribution in [0.3, 0.4) is 0 Å². The Balaban J connectivity index is 1.60. The number of halogens is 4. The van der Waals surface area contributed by atoms with Gasteiger partial charge in [-0.3, -0.25) is 4.79 Å². The van der Waals surface area contributed by atoms with Gasteiger partial charge in [0, 0.05) is 19.0 Å². The Kier molecular flexibility index (Phi) is 6.22. The third-order valence-corrected chi connectivity index (χ3v) is 7.14. The lowest BCUT2D eigenvalue weighted by molar-refractivity contribution is -0.168. The molecule has 0 radical (unpaired) electrons. The minimum atomic E-state index is -4.47. The number of carbonyl (C=O) groups is 1. The van der Waals surface area contributed by atoms with Crippen LogP contribution in [0.1, 0.15) is 36.8 Å². The van der Waals surface area contributed by atoms with E-state index in [2.05, 4.69) is 16.6 Å². The number of nitrogens with one attached hydrogen (secondary N) is 1. The molecule has 2 aliphatic heterocycles. The SMILES string of the molecule is CS(=O)(=O)N[C@H]1CCN(C(=O)[C@H]2CCO2)[C@H]1Cc1cccc(C#CC2(C(F)(F)F)CC2)c1F. The van der Waals surface area contributed by atoms with Crippen molar-refractivity contribution < 1.29 is 35.5 Å². The summed E-state index contributed by atoms with van der Waals surface area (Å²) in [5, 5.41) is 0. The van der Waals surface area contributed by atoms with Gasteiger partial charge in [0.2, 0.25) is 10.0 Å². The monoisotopic (exact) mass is 488 g/mol. The number of hydrogen-bond donors (Lipinski definition) is 1. The molecule has 3 aliphatic rings. The summed E-state index contributed by atoms with van der Waals surface area (Å²) in [6.07, 6.45) is -3.36. The molecular formula is C22H24F4N2O4S. The largest absolute Gasteiger partial charge is 0.405 e. The molecule has 1 aromatic rings. The first-order chi connectivity index (χ1) is 15.4. The molecule has 1 saturated carbocycles. The molecule has 3 atom stereocenters. The van der Waals surface area contributed by atoms with Gasteiger partial charge in [0.05, 0.1) is 24.5 Å². The highest BCUT2D eigenvalue weighted by Crippen LogP contribution is 2.57. The van der Waals surface area contributed by atoms with Gasteiger partial charge in [0.1, 0.15) is 17.3 Å². The number of hydrogen-bond acceptors (Lipinski definition) is 4. The Morgan fingerprint density at radius 3 is 2.55 bits per heavy atom. The number of nitrogens with zero attached hydrogens (tertiary/aromatic N) is 1. The van der Waals surface area contributed by atoms with Crippen LogP contribution >= 0.6 is 0 Å². The number of ether oxygens (including phenoxy) is 1. The zero-order chi connectivity index (χ0) is 24.0. The Hall–Kier alpha value is -2.16. The van der Waals surface area contributed by atoms with Gasteiger partial charge < -0.3 is 9.64 Å². The standard InChI is InChI=1S/C22H24F4N2O4S/c1-33(30,31)27-16-6-11-28(20(29)18-7-12-32-18)17(16)13-15-4-2-3-14(19(15)23)5-8-21(9-10-21)22(24,25)26/h2-4,16-18,27H,6-7,9-13H2,1H3/t16-,17-,18+/m0/s1. The number of alkyl halides is 3. The summed E-state index contributed by atoms with van der Waals surface area (Å²) < 4.78 is 86.1. The molecule has 180 valence electrons. The molecular weight excluding hydrogens is 464 g/mol. The van der Waals surface area contributed by atoms with E-state index in [4.69, 9.17) is 4.74 Å². The lowest BCUT2D eigenvalue weighted by atomic mass is 9.97. The highest BCUT2D eigenvalue weighted by atomic mass is 32.2. The maximum Gasteiger partial charge on any atom is 0.405 e. The molecule has 4 rings (SSSR count). The molecule has 6 nitrogen and oxygen atoms in total. The number of benzene rings is 1. The van der Waals surface area contributed by atoms with E-state index in [-0.39, 0.29) is 42.8 Å². The molecule has 0 spiro atoms. The van der Waals surface area contributed by atoms with Crippen molar-refractivity contribution in [2.24, 2.45) is 5.41 Å². The van der Waals surface area contributed by atoms with Crippen LogP contribution in [0.4, 0.5) is 17.6 Å². The molecule has 1 N–H and O–H groups in total. The summed E-state index contributed by atoms with van der Waals surface area (Å²) >= 11 is 0. The van der Waals surface area contributed by atoms with Gasteiger partial charge in [0.15, 0.2) is 0 Å². The fourth-order valence-corrected chi connectivity index (χ4v) is 5.08. The molecule has 2 saturated heterocycles. The summed E-state index contributed by atoms with van der Waals surface area (Å²) in [4.78, 5) is 14.3. The molecule has 1 aromatic carbocycles. The molecule has 1 amide bonds. The Morgan fingerprint density at radius 2 is 2.00 bits per heavy atom. The van der Waals surface area contributed by atoms with E-state index in [0.717, 1.165) is 6.26 Å². The van der Waals surface area contributed by atoms with Gasteiger partial charge in [0.25, 0.3) is 5.91 Å². The molecule has 1 aliphatic carbocycles. The van der Waals surface area contributed by atoms with Gasteiger partial charge in [-0.25, -0.2) is 17.5 Å². The second-order valence-corrected chi connectivity index (χ2v) is 10.6. The fraction of sp³-hybridized carbons (Fsp3) is 0.591. The summed E-state index contributed by atoms with van der Waals surface area (Å²) in [5.41, 5.74) is -2.08. The Bertz CT molecular complexity index is 1100. The van der Waals surface area contributed by atoms with Crippen LogP contribution in [0.25, 0.3) is 0 Å². The number of carbonyl (C=O) groups excluding carboxylic acids is 1. The van der Waals surface area contributed by atoms with E-state index in [1.165, 1.54) is 23.1 Å². The third kappa shape index (κ3) is 5.03. The first-order valence-corrected chi connectivity index (χ1v) is 12.6. The van der Waals surface area contributed by atoms with E-state index >= 15 is 4.39 Å². The van der Waals surface area contributed by atoms with Crippen molar-refractivity contribution in [3.63, 3.8) is 0 Å². The van der Waals surface area contributed by atoms with Gasteiger partial charge in [-0.05, 0) is 37.3 Å². The predicted octanol–water partition coefficient (Wildman–Crippen LogP) is 2.37. The van der Waals surface area contributed by atoms with Crippen molar-refractivity contribution in [2.45, 2.75) is 56.5 Å². The van der Waals surface area contributed by atoms with Gasteiger partial charge in [-0.2, -0.15) is 13.2 Å². The van der Waals surface area contributed by atoms with Crippen molar-refractivity contribution in [1.29, 1.82) is 0 Å². The normalized spacial score (nSPS) is 26.3. The van der Waals surface area contributed by atoms with Crippen LogP contribution in [-0.2, 0) is 26.0 Å². The van der Waals surface area contributed by atoms with E-state index in [1.54, 1.807) is 0 Å². The van der Waals surface area contributed by atoms with Crippen molar-refractivity contribution in [1.82, 2.24) is 9.62 Å². The van der Waals surface area contributed by atoms with E-state index in [0.29, 0.717) is 19.4 Å². The van der Waals surface area contributed by atoms with E-state index < -0.39 is 45.6 Å². The fourth-order valence-electron chi connectivity index (χ4n) is 4.26. The molecule has 0 bridgehead atoms. The van der Waals surface area contributed by atoms with E-state index in [9.17, 15) is 26.4 Å². The highest BCUT2D eigenvalue weighted by Gasteiger charge is 2.62. The van der Waals surface area contributed by atoms with Crippen LogP contribution in [0.2, 0.25) is 0 Å². The highest BCUT2D eigenvalue weighted by molar-refractivity contribution is 7.88. The lowest BCUT2D eigenvalue weighted by Crippen LogP contribution is -2.52. The molecule has 3 fully saturated rings. The van der Waals surface area contributed by atoms with Crippen LogP contribution in [0, 0.1) is 23.1 Å². The first-order valence-electron chi connectivity index (χ1n) is 10.7. The summed E-state index contributed by atoms with van der Waals surface area (Å²) in [6.45, 7) is 0.750. The van der Waals surface area contributed by atoms with Crippen molar-refractivity contribution in [2.75, 3.05) is 19.4 Å². The molecule has 0 unspecified atom stereocenters. The van der Waals surface area contributed by atoms with Crippen LogP contribution in [0.15, 0.2) is 18.2 Å². The average Bonchev–Trinajstić information content (AvgIpc) is 3.37. The Morgan fingerprint density at radius 1 is 1.30 bits per heavy atom. The number of rotatable bonds is 5. The van der Waals surface area contributed by atoms with Gasteiger partial charge >= 0.3 is 6.18 Å². The molecule has 11 heteroatoms. The quantitative estimate of drug-likeness (QED) is 0.510. The Labute approximate surface area is 189 Å². The summed E-state index contributed by atoms with van der Waals surface area (Å²) in [6, 6.07) is 2.97. The van der Waals surface area contributed by atoms with Crippen molar-refractivity contribution in [3.05, 3.63) is 35.1 Å². The number of sulfonamides is 1. The summed E-state index contributed by atoms with van der Waals surface area (Å²) in [5.74, 6) is 3.51. The minimum absolute atomic E-state index is 0.0165. The minimum Gasteiger partial charge on any atom is -0.368 e. The smallest absolute Gasteiger partial charge is 0.368 e. The van der Waals surface area contributed by atoms with Crippen LogP contribution in [-0.4, -0.2) is 63.0 Å². The van der Waals surface area contributed by atoms with Crippen molar-refractivity contribution in [3.8, 4) is 11.8 Å². The molecule has 2 heterocycles. The summed E-state index contributed by atoms with van der Waals surface area (Å²) in [7, 11) is -3.59. The van der Waals surface area contributed by atoms with Gasteiger partial charge in [-0.1, -0.05) is 24.0 Å². The molecule has 33 heavy (non-hydrogen) atoms. The average molecular weight is 489 g/mol. The van der Waals surface area contributed by atoms with Crippen LogP contribution < -0.4 is 4.72 Å². The third-order valence-electron chi connectivity index (χ3n) is 6.41. The topological polar surface area (TPSA) is 75.7 Å². The van der Waals surface area contributed by atoms with Crippen molar-refractivity contribution >= 4 is 15.9 Å². The van der Waals surface area contributed by atoms with E-state index in [1.807, 2.05) is 0 Å². The number of amides is 1. The lowest BCUT2D eigenvalue weighted by Gasteiger charge is -2.34. The maximum absolute atomic E-state index is 15.2. The second kappa shape index (κ2) is 8.56. The second-order valence-electron chi connectivity index (χ2n) is 8.84. The molecule has 0 aromatic heterocycles. The zero-order valence-electron chi connectivity index (χ0n) is 17.9. The number of likely N-dealkylation sites (tertiary alicyclic amines) is 1. The zero-order valence-corrected chi connectivity index (χ0v) is 18.7. The predicted molar refractivity (Wildman–Crippen MR) is 111 cm³/mol. The first kappa shape index (κ1) is 24.0. The maximum atomic E-state index is 15.2. The van der Waals surface area contributed by atoms with Gasteiger partial charge in [-0.15, -0.1) is 0 Å².